The van der Waals surface area contributed by atoms with Crippen LogP contribution in [0.5, 0.6) is 0 Å². The van der Waals surface area contributed by atoms with E-state index in [9.17, 15) is 9.90 Å². The predicted octanol–water partition coefficient (Wildman–Crippen LogP) is 1.94. The van der Waals surface area contributed by atoms with Gasteiger partial charge in [-0.25, -0.2) is 9.78 Å². The highest BCUT2D eigenvalue weighted by Gasteiger charge is 2.19. The van der Waals surface area contributed by atoms with Gasteiger partial charge in [-0.2, -0.15) is 0 Å². The molecule has 1 aliphatic rings. The van der Waals surface area contributed by atoms with Crippen molar-refractivity contribution in [2.45, 2.75) is 6.54 Å². The minimum atomic E-state index is -0.328. The zero-order chi connectivity index (χ0) is 19.5. The van der Waals surface area contributed by atoms with E-state index in [1.807, 2.05) is 23.2 Å². The molecule has 0 bridgehead atoms. The molecule has 1 fully saturated rings. The molecule has 0 saturated carbocycles. The number of aromatic nitrogens is 2. The van der Waals surface area contributed by atoms with Gasteiger partial charge in [0, 0.05) is 56.2 Å². The largest absolute Gasteiger partial charge is 0.465 e. The van der Waals surface area contributed by atoms with E-state index < -0.39 is 0 Å². The molecule has 1 aliphatic heterocycles. The van der Waals surface area contributed by atoms with Crippen molar-refractivity contribution >= 4 is 22.7 Å². The zero-order valence-electron chi connectivity index (χ0n) is 15.9. The summed E-state index contributed by atoms with van der Waals surface area (Å²) in [5.41, 5.74) is 3.77. The Morgan fingerprint density at radius 3 is 2.54 bits per heavy atom. The molecule has 7 nitrogen and oxygen atoms in total. The second kappa shape index (κ2) is 8.00. The van der Waals surface area contributed by atoms with Crippen molar-refractivity contribution in [3.63, 3.8) is 0 Å². The quantitative estimate of drug-likeness (QED) is 0.682. The maximum absolute atomic E-state index is 11.6. The smallest absolute Gasteiger partial charge is 0.337 e. The Hall–Kier alpha value is -2.90. The van der Waals surface area contributed by atoms with Gasteiger partial charge in [-0.1, -0.05) is 12.1 Å². The number of anilines is 1. The third kappa shape index (κ3) is 3.58. The first-order chi connectivity index (χ1) is 13.7. The van der Waals surface area contributed by atoms with Crippen LogP contribution in [0.4, 0.5) is 5.69 Å². The molecule has 0 radical (unpaired) electrons. The molecular weight excluding hydrogens is 356 g/mol. The van der Waals surface area contributed by atoms with Gasteiger partial charge < -0.3 is 19.3 Å². The number of hydrogen-bond donors (Lipinski definition) is 1. The van der Waals surface area contributed by atoms with Crippen molar-refractivity contribution in [2.75, 3.05) is 44.9 Å². The molecule has 1 saturated heterocycles. The van der Waals surface area contributed by atoms with Crippen LogP contribution in [-0.4, -0.2) is 65.5 Å². The number of rotatable bonds is 5. The van der Waals surface area contributed by atoms with E-state index in [0.29, 0.717) is 12.1 Å². The van der Waals surface area contributed by atoms with Crippen LogP contribution in [0.2, 0.25) is 0 Å². The molecule has 146 valence electrons. The Balaban J connectivity index is 1.56. The second-order valence-electron chi connectivity index (χ2n) is 6.95. The van der Waals surface area contributed by atoms with Gasteiger partial charge in [0.15, 0.2) is 0 Å². The number of methoxy groups -OCH3 is 1. The van der Waals surface area contributed by atoms with Gasteiger partial charge in [-0.3, -0.25) is 4.90 Å². The molecule has 28 heavy (non-hydrogen) atoms. The molecule has 4 rings (SSSR count). The van der Waals surface area contributed by atoms with Crippen molar-refractivity contribution in [3.8, 4) is 0 Å². The lowest BCUT2D eigenvalue weighted by atomic mass is 10.1. The van der Waals surface area contributed by atoms with Crippen LogP contribution in [-0.2, 0) is 11.3 Å². The fourth-order valence-corrected chi connectivity index (χ4v) is 3.67. The fourth-order valence-electron chi connectivity index (χ4n) is 3.67. The lowest BCUT2D eigenvalue weighted by molar-refractivity contribution is 0.0600. The van der Waals surface area contributed by atoms with Gasteiger partial charge in [-0.05, 0) is 29.8 Å². The number of pyridine rings is 1. The molecule has 0 spiro atoms. The van der Waals surface area contributed by atoms with E-state index in [-0.39, 0.29) is 12.7 Å². The number of benzene rings is 1. The molecule has 0 aliphatic carbocycles. The third-order valence-corrected chi connectivity index (χ3v) is 5.28. The maximum Gasteiger partial charge on any atom is 0.337 e. The van der Waals surface area contributed by atoms with Crippen LogP contribution in [0.15, 0.2) is 48.8 Å². The van der Waals surface area contributed by atoms with Gasteiger partial charge >= 0.3 is 5.97 Å². The Morgan fingerprint density at radius 1 is 1.11 bits per heavy atom. The number of esters is 1. The molecule has 0 atom stereocenters. The number of nitrogens with zero attached hydrogens (tertiary/aromatic N) is 4. The number of aliphatic hydroxyl groups is 1. The Kier molecular flexibility index (Phi) is 5.27. The summed E-state index contributed by atoms with van der Waals surface area (Å²) in [6.07, 6.45) is 3.91. The molecule has 0 amide bonds. The van der Waals surface area contributed by atoms with Crippen LogP contribution in [0, 0.1) is 0 Å². The predicted molar refractivity (Wildman–Crippen MR) is 107 cm³/mol. The topological polar surface area (TPSA) is 70.8 Å². The molecule has 0 unspecified atom stereocenters. The summed E-state index contributed by atoms with van der Waals surface area (Å²) in [4.78, 5) is 20.6. The Labute approximate surface area is 163 Å². The highest BCUT2D eigenvalue weighted by Crippen LogP contribution is 2.27. The minimum absolute atomic E-state index is 0.116. The summed E-state index contributed by atoms with van der Waals surface area (Å²) in [6.45, 7) is 4.28. The van der Waals surface area contributed by atoms with E-state index in [0.717, 1.165) is 42.8 Å². The van der Waals surface area contributed by atoms with Crippen molar-refractivity contribution in [1.82, 2.24) is 14.5 Å². The van der Waals surface area contributed by atoms with Crippen molar-refractivity contribution in [3.05, 3.63) is 59.9 Å². The first-order valence-corrected chi connectivity index (χ1v) is 9.39. The average molecular weight is 380 g/mol. The summed E-state index contributed by atoms with van der Waals surface area (Å²) >= 11 is 0. The number of carbonyl (C=O) groups is 1. The number of ether oxygens (including phenoxy) is 1. The highest BCUT2D eigenvalue weighted by atomic mass is 16.5. The van der Waals surface area contributed by atoms with Gasteiger partial charge in [0.25, 0.3) is 0 Å². The first-order valence-electron chi connectivity index (χ1n) is 9.39. The van der Waals surface area contributed by atoms with Crippen LogP contribution in [0.25, 0.3) is 11.0 Å². The van der Waals surface area contributed by atoms with E-state index >= 15 is 0 Å². The summed E-state index contributed by atoms with van der Waals surface area (Å²) in [6, 6.07) is 11.6. The van der Waals surface area contributed by atoms with Gasteiger partial charge in [-0.15, -0.1) is 0 Å². The van der Waals surface area contributed by atoms with Gasteiger partial charge in [0.1, 0.15) is 5.65 Å². The summed E-state index contributed by atoms with van der Waals surface area (Å²) in [5.74, 6) is -0.328. The lowest BCUT2D eigenvalue weighted by Crippen LogP contribution is -2.46. The SMILES string of the molecule is COC(=O)c1ccc(Cn2ccc3c(N4CCN(CO)CC4)ccnc32)cc1. The van der Waals surface area contributed by atoms with E-state index in [2.05, 4.69) is 32.8 Å². The summed E-state index contributed by atoms with van der Waals surface area (Å²) in [5, 5.41) is 10.4. The first kappa shape index (κ1) is 18.5. The normalized spacial score (nSPS) is 15.1. The number of piperazine rings is 1. The number of carbonyl (C=O) groups excluding carboxylic acids is 1. The standard InChI is InChI=1S/C21H24N4O3/c1-28-21(27)17-4-2-16(3-5-17)14-25-9-7-18-19(6-8-22-20(18)25)24-12-10-23(15-26)11-13-24/h2-9,26H,10-15H2,1H3. The van der Waals surface area contributed by atoms with Crippen LogP contribution in [0.1, 0.15) is 15.9 Å². The average Bonchev–Trinajstić information content (AvgIpc) is 3.16. The lowest BCUT2D eigenvalue weighted by Gasteiger charge is -2.35. The van der Waals surface area contributed by atoms with Crippen molar-refractivity contribution < 1.29 is 14.6 Å². The maximum atomic E-state index is 11.6. The van der Waals surface area contributed by atoms with Crippen molar-refractivity contribution in [2.24, 2.45) is 0 Å². The van der Waals surface area contributed by atoms with Crippen LogP contribution in [0.3, 0.4) is 0 Å². The third-order valence-electron chi connectivity index (χ3n) is 5.28. The molecule has 7 heteroatoms. The number of hydrogen-bond acceptors (Lipinski definition) is 6. The van der Waals surface area contributed by atoms with E-state index in [4.69, 9.17) is 4.74 Å². The monoisotopic (exact) mass is 380 g/mol. The van der Waals surface area contributed by atoms with Crippen LogP contribution >= 0.6 is 0 Å². The second-order valence-corrected chi connectivity index (χ2v) is 6.95. The highest BCUT2D eigenvalue weighted by molar-refractivity contribution is 5.90. The molecule has 3 aromatic rings. The molecule has 1 N–H and O–H groups in total. The Bertz CT molecular complexity index is 959. The fraction of sp³-hybridized carbons (Fsp3) is 0.333. The van der Waals surface area contributed by atoms with Crippen molar-refractivity contribution in [1.29, 1.82) is 0 Å². The van der Waals surface area contributed by atoms with Crippen LogP contribution < -0.4 is 4.90 Å². The molecule has 2 aromatic heterocycles. The minimum Gasteiger partial charge on any atom is -0.465 e. The molecular formula is C21H24N4O3. The van der Waals surface area contributed by atoms with E-state index in [1.165, 1.54) is 12.8 Å². The van der Waals surface area contributed by atoms with Gasteiger partial charge in [0.2, 0.25) is 0 Å². The summed E-state index contributed by atoms with van der Waals surface area (Å²) in [7, 11) is 1.38. The summed E-state index contributed by atoms with van der Waals surface area (Å²) < 4.78 is 6.87. The zero-order valence-corrected chi connectivity index (χ0v) is 15.9. The number of aliphatic hydroxyl groups excluding tert-OH is 1. The molecule has 3 heterocycles. The molecule has 1 aromatic carbocycles. The Morgan fingerprint density at radius 2 is 1.86 bits per heavy atom. The number of fused-ring (bicyclic) bond motifs is 1. The van der Waals surface area contributed by atoms with E-state index in [1.54, 1.807) is 12.1 Å². The van der Waals surface area contributed by atoms with Gasteiger partial charge in [0.05, 0.1) is 19.4 Å².